The lowest BCUT2D eigenvalue weighted by molar-refractivity contribution is 0.199. The molecule has 2 fully saturated rings. The first kappa shape index (κ1) is 11.0. The average Bonchev–Trinajstić information content (AvgIpc) is 2.89. The van der Waals surface area contributed by atoms with Crippen LogP contribution in [0.5, 0.6) is 0 Å². The summed E-state index contributed by atoms with van der Waals surface area (Å²) in [4.78, 5) is 6.88. The van der Waals surface area contributed by atoms with Gasteiger partial charge in [-0.15, -0.1) is 0 Å². The molecule has 1 N–H and O–H groups in total. The summed E-state index contributed by atoms with van der Waals surface area (Å²) in [5.74, 6) is 2.87. The van der Waals surface area contributed by atoms with Crippen LogP contribution in [0.2, 0.25) is 0 Å². The number of rotatable bonds is 2. The van der Waals surface area contributed by atoms with Crippen molar-refractivity contribution in [3.05, 3.63) is 23.9 Å². The van der Waals surface area contributed by atoms with Crippen molar-refractivity contribution < 1.29 is 5.11 Å². The van der Waals surface area contributed by atoms with E-state index in [2.05, 4.69) is 9.88 Å². The molecular formula is C14H20N2O. The van der Waals surface area contributed by atoms with Crippen LogP contribution >= 0.6 is 0 Å². The Labute approximate surface area is 102 Å². The smallest absolute Gasteiger partial charge is 0.128 e. The molecule has 2 heterocycles. The minimum absolute atomic E-state index is 0.422. The molecule has 1 saturated carbocycles. The number of aliphatic hydroxyl groups is 1. The second-order valence-electron chi connectivity index (χ2n) is 5.48. The standard InChI is InChI=1S/C14H20N2O/c1-10(17)11-5-6-14(15-7-11)16-8-12-3-2-4-13(12)9-16/h5-7,10,12-13,17H,2-4,8-9H2,1H3/t10-,12?,13?/m0/s1. The minimum atomic E-state index is -0.422. The van der Waals surface area contributed by atoms with Gasteiger partial charge in [-0.1, -0.05) is 12.5 Å². The van der Waals surface area contributed by atoms with Crippen LogP contribution in [0.4, 0.5) is 5.82 Å². The lowest BCUT2D eigenvalue weighted by atomic mass is 10.0. The highest BCUT2D eigenvalue weighted by atomic mass is 16.3. The number of hydrogen-bond acceptors (Lipinski definition) is 3. The van der Waals surface area contributed by atoms with Gasteiger partial charge in [-0.2, -0.15) is 0 Å². The van der Waals surface area contributed by atoms with Gasteiger partial charge >= 0.3 is 0 Å². The van der Waals surface area contributed by atoms with Crippen LogP contribution < -0.4 is 4.90 Å². The van der Waals surface area contributed by atoms with Crippen LogP contribution in [0, 0.1) is 11.8 Å². The Kier molecular flexibility index (Phi) is 2.79. The lowest BCUT2D eigenvalue weighted by Gasteiger charge is -2.18. The van der Waals surface area contributed by atoms with Gasteiger partial charge in [0.2, 0.25) is 0 Å². The van der Waals surface area contributed by atoms with Gasteiger partial charge in [0.15, 0.2) is 0 Å². The molecule has 0 aromatic carbocycles. The summed E-state index contributed by atoms with van der Waals surface area (Å²) in [6.07, 6.45) is 5.58. The van der Waals surface area contributed by atoms with Gasteiger partial charge in [0, 0.05) is 19.3 Å². The molecule has 1 saturated heterocycles. The molecular weight excluding hydrogens is 212 g/mol. The van der Waals surface area contributed by atoms with Crippen LogP contribution in [-0.2, 0) is 0 Å². The third kappa shape index (κ3) is 2.04. The molecule has 2 aliphatic rings. The van der Waals surface area contributed by atoms with E-state index in [0.717, 1.165) is 23.2 Å². The van der Waals surface area contributed by atoms with Crippen LogP contribution in [-0.4, -0.2) is 23.2 Å². The quantitative estimate of drug-likeness (QED) is 0.850. The molecule has 0 amide bonds. The monoisotopic (exact) mass is 232 g/mol. The van der Waals surface area contributed by atoms with E-state index in [0.29, 0.717) is 0 Å². The summed E-state index contributed by atoms with van der Waals surface area (Å²) < 4.78 is 0. The predicted molar refractivity (Wildman–Crippen MR) is 67.9 cm³/mol. The van der Waals surface area contributed by atoms with Crippen LogP contribution in [0.1, 0.15) is 37.9 Å². The summed E-state index contributed by atoms with van der Waals surface area (Å²) in [7, 11) is 0. The molecule has 17 heavy (non-hydrogen) atoms. The number of anilines is 1. The molecule has 1 aliphatic carbocycles. The van der Waals surface area contributed by atoms with E-state index in [4.69, 9.17) is 0 Å². The second-order valence-corrected chi connectivity index (χ2v) is 5.48. The third-order valence-corrected chi connectivity index (χ3v) is 4.30. The molecule has 1 aromatic rings. The fourth-order valence-electron chi connectivity index (χ4n) is 3.25. The molecule has 2 unspecified atom stereocenters. The first-order valence-electron chi connectivity index (χ1n) is 6.63. The van der Waals surface area contributed by atoms with Crippen LogP contribution in [0.15, 0.2) is 18.3 Å². The Morgan fingerprint density at radius 3 is 2.53 bits per heavy atom. The van der Waals surface area contributed by atoms with Crippen molar-refractivity contribution in [3.8, 4) is 0 Å². The minimum Gasteiger partial charge on any atom is -0.389 e. The molecule has 92 valence electrons. The highest BCUT2D eigenvalue weighted by Crippen LogP contribution is 2.39. The summed E-state index contributed by atoms with van der Waals surface area (Å²) in [5.41, 5.74) is 0.896. The molecule has 0 radical (unpaired) electrons. The van der Waals surface area contributed by atoms with Gasteiger partial charge < -0.3 is 10.0 Å². The maximum atomic E-state index is 9.46. The molecule has 3 heteroatoms. The van der Waals surface area contributed by atoms with Crippen molar-refractivity contribution in [2.24, 2.45) is 11.8 Å². The Balaban J connectivity index is 1.73. The summed E-state index contributed by atoms with van der Waals surface area (Å²) in [5, 5.41) is 9.46. The fourth-order valence-corrected chi connectivity index (χ4v) is 3.25. The zero-order valence-corrected chi connectivity index (χ0v) is 10.3. The topological polar surface area (TPSA) is 36.4 Å². The number of nitrogens with zero attached hydrogens (tertiary/aromatic N) is 2. The van der Waals surface area contributed by atoms with E-state index in [9.17, 15) is 5.11 Å². The summed E-state index contributed by atoms with van der Waals surface area (Å²) in [6.45, 7) is 4.12. The largest absolute Gasteiger partial charge is 0.389 e. The zero-order chi connectivity index (χ0) is 11.8. The zero-order valence-electron chi connectivity index (χ0n) is 10.3. The number of aliphatic hydroxyl groups excluding tert-OH is 1. The van der Waals surface area contributed by atoms with E-state index >= 15 is 0 Å². The lowest BCUT2D eigenvalue weighted by Crippen LogP contribution is -2.21. The number of pyridine rings is 1. The molecule has 3 atom stereocenters. The van der Waals surface area contributed by atoms with E-state index in [1.54, 1.807) is 13.1 Å². The Morgan fingerprint density at radius 2 is 2.00 bits per heavy atom. The Morgan fingerprint density at radius 1 is 1.29 bits per heavy atom. The van der Waals surface area contributed by atoms with Crippen molar-refractivity contribution in [3.63, 3.8) is 0 Å². The first-order chi connectivity index (χ1) is 8.24. The summed E-state index contributed by atoms with van der Waals surface area (Å²) >= 11 is 0. The van der Waals surface area contributed by atoms with E-state index in [1.807, 2.05) is 12.1 Å². The normalized spacial score (nSPS) is 29.4. The Bertz CT molecular complexity index is 376. The van der Waals surface area contributed by atoms with E-state index in [1.165, 1.54) is 32.4 Å². The number of hydrogen-bond donors (Lipinski definition) is 1. The predicted octanol–water partition coefficient (Wildman–Crippen LogP) is 2.37. The van der Waals surface area contributed by atoms with Gasteiger partial charge in [0.1, 0.15) is 5.82 Å². The van der Waals surface area contributed by atoms with Crippen molar-refractivity contribution in [1.82, 2.24) is 4.98 Å². The molecule has 1 aliphatic heterocycles. The van der Waals surface area contributed by atoms with Gasteiger partial charge in [-0.05, 0) is 43.2 Å². The van der Waals surface area contributed by atoms with Crippen LogP contribution in [0.3, 0.4) is 0 Å². The van der Waals surface area contributed by atoms with Gasteiger partial charge in [-0.3, -0.25) is 0 Å². The van der Waals surface area contributed by atoms with Crippen molar-refractivity contribution in [2.75, 3.05) is 18.0 Å². The SMILES string of the molecule is C[C@H](O)c1ccc(N2CC3CCCC3C2)nc1. The third-order valence-electron chi connectivity index (χ3n) is 4.30. The summed E-state index contributed by atoms with van der Waals surface area (Å²) in [6, 6.07) is 4.03. The highest BCUT2D eigenvalue weighted by Gasteiger charge is 2.36. The average molecular weight is 232 g/mol. The number of fused-ring (bicyclic) bond motifs is 1. The van der Waals surface area contributed by atoms with Gasteiger partial charge in [0.25, 0.3) is 0 Å². The molecule has 0 bridgehead atoms. The molecule has 3 rings (SSSR count). The van der Waals surface area contributed by atoms with Crippen molar-refractivity contribution >= 4 is 5.82 Å². The molecule has 1 aromatic heterocycles. The van der Waals surface area contributed by atoms with Crippen molar-refractivity contribution in [1.29, 1.82) is 0 Å². The maximum absolute atomic E-state index is 9.46. The molecule has 0 spiro atoms. The number of aromatic nitrogens is 1. The van der Waals surface area contributed by atoms with E-state index < -0.39 is 6.10 Å². The van der Waals surface area contributed by atoms with Crippen molar-refractivity contribution in [2.45, 2.75) is 32.3 Å². The van der Waals surface area contributed by atoms with Gasteiger partial charge in [-0.25, -0.2) is 4.98 Å². The van der Waals surface area contributed by atoms with Gasteiger partial charge in [0.05, 0.1) is 6.10 Å². The fraction of sp³-hybridized carbons (Fsp3) is 0.643. The second kappa shape index (κ2) is 4.30. The maximum Gasteiger partial charge on any atom is 0.128 e. The highest BCUT2D eigenvalue weighted by molar-refractivity contribution is 5.41. The first-order valence-corrected chi connectivity index (χ1v) is 6.63. The molecule has 3 nitrogen and oxygen atoms in total. The Hall–Kier alpha value is -1.09. The van der Waals surface area contributed by atoms with E-state index in [-0.39, 0.29) is 0 Å². The van der Waals surface area contributed by atoms with Crippen LogP contribution in [0.25, 0.3) is 0 Å².